The normalized spacial score (nSPS) is 20.4. The van der Waals surface area contributed by atoms with Crippen molar-refractivity contribution >= 4 is 39.6 Å². The number of carbonyl (C=O) groups excluding carboxylic acids is 1. The standard InChI is InChI=1S/C18H27BrN4OS/c1-20-18(23-15-7-8-16(12-15)25-2)22-10-4-9-21-17(24)13-5-3-6-14(19)11-13/h3,5-6,11,15-16H,4,7-10,12H2,1-2H3,(H,21,24)(H2,20,22,23). The molecule has 1 aromatic rings. The zero-order chi connectivity index (χ0) is 18.1. The van der Waals surface area contributed by atoms with Crippen molar-refractivity contribution in [1.82, 2.24) is 16.0 Å². The molecule has 1 aromatic carbocycles. The van der Waals surface area contributed by atoms with Crippen LogP contribution in [-0.2, 0) is 0 Å². The summed E-state index contributed by atoms with van der Waals surface area (Å²) in [6, 6.07) is 7.92. The van der Waals surface area contributed by atoms with Crippen molar-refractivity contribution in [3.8, 4) is 0 Å². The van der Waals surface area contributed by atoms with E-state index in [-0.39, 0.29) is 5.91 Å². The molecule has 1 saturated carbocycles. The molecule has 1 aliphatic carbocycles. The molecule has 7 heteroatoms. The van der Waals surface area contributed by atoms with Crippen molar-refractivity contribution < 1.29 is 4.79 Å². The third-order valence-electron chi connectivity index (χ3n) is 4.30. The SMILES string of the molecule is CN=C(NCCCNC(=O)c1cccc(Br)c1)NC1CCC(SC)C1. The molecule has 3 N–H and O–H groups in total. The first kappa shape index (κ1) is 20.1. The Bertz CT molecular complexity index is 596. The number of hydrogen-bond donors (Lipinski definition) is 3. The van der Waals surface area contributed by atoms with Crippen LogP contribution < -0.4 is 16.0 Å². The highest BCUT2D eigenvalue weighted by Crippen LogP contribution is 2.27. The van der Waals surface area contributed by atoms with Crippen LogP contribution in [0.15, 0.2) is 33.7 Å². The van der Waals surface area contributed by atoms with E-state index in [1.807, 2.05) is 36.0 Å². The Hall–Kier alpha value is -1.21. The van der Waals surface area contributed by atoms with Crippen molar-refractivity contribution in [1.29, 1.82) is 0 Å². The third-order valence-corrected chi connectivity index (χ3v) is 5.89. The molecule has 5 nitrogen and oxygen atoms in total. The second-order valence-electron chi connectivity index (χ2n) is 6.13. The van der Waals surface area contributed by atoms with Gasteiger partial charge < -0.3 is 16.0 Å². The summed E-state index contributed by atoms with van der Waals surface area (Å²) in [6.07, 6.45) is 6.71. The van der Waals surface area contributed by atoms with E-state index in [2.05, 4.69) is 43.1 Å². The Balaban J connectivity index is 1.62. The Morgan fingerprint density at radius 1 is 1.32 bits per heavy atom. The van der Waals surface area contributed by atoms with Gasteiger partial charge in [-0.15, -0.1) is 0 Å². The van der Waals surface area contributed by atoms with Gasteiger partial charge in [0, 0.05) is 41.5 Å². The predicted octanol–water partition coefficient (Wildman–Crippen LogP) is 3.02. The largest absolute Gasteiger partial charge is 0.356 e. The van der Waals surface area contributed by atoms with Gasteiger partial charge in [-0.25, -0.2) is 0 Å². The lowest BCUT2D eigenvalue weighted by atomic mass is 10.2. The fourth-order valence-electron chi connectivity index (χ4n) is 2.90. The second-order valence-corrected chi connectivity index (χ2v) is 8.18. The van der Waals surface area contributed by atoms with Crippen LogP contribution in [0.1, 0.15) is 36.0 Å². The number of carbonyl (C=O) groups is 1. The topological polar surface area (TPSA) is 65.5 Å². The zero-order valence-electron chi connectivity index (χ0n) is 14.8. The molecule has 2 atom stereocenters. The van der Waals surface area contributed by atoms with Gasteiger partial charge in [0.1, 0.15) is 0 Å². The molecule has 2 rings (SSSR count). The average molecular weight is 427 g/mol. The lowest BCUT2D eigenvalue weighted by Crippen LogP contribution is -2.43. The molecule has 25 heavy (non-hydrogen) atoms. The van der Waals surface area contributed by atoms with Gasteiger partial charge in [-0.3, -0.25) is 9.79 Å². The summed E-state index contributed by atoms with van der Waals surface area (Å²) >= 11 is 5.33. The summed E-state index contributed by atoms with van der Waals surface area (Å²) in [4.78, 5) is 16.3. The summed E-state index contributed by atoms with van der Waals surface area (Å²) in [7, 11) is 1.80. The van der Waals surface area contributed by atoms with E-state index in [1.165, 1.54) is 19.3 Å². The molecule has 0 spiro atoms. The molecule has 0 saturated heterocycles. The monoisotopic (exact) mass is 426 g/mol. The van der Waals surface area contributed by atoms with E-state index in [1.54, 1.807) is 7.05 Å². The van der Waals surface area contributed by atoms with Crippen LogP contribution in [0.2, 0.25) is 0 Å². The van der Waals surface area contributed by atoms with Crippen LogP contribution in [0.4, 0.5) is 0 Å². The van der Waals surface area contributed by atoms with Gasteiger partial charge in [0.05, 0.1) is 0 Å². The van der Waals surface area contributed by atoms with E-state index >= 15 is 0 Å². The summed E-state index contributed by atoms with van der Waals surface area (Å²) in [5.74, 6) is 0.808. The summed E-state index contributed by atoms with van der Waals surface area (Å²) in [5.41, 5.74) is 0.671. The number of aliphatic imine (C=N–C) groups is 1. The number of hydrogen-bond acceptors (Lipinski definition) is 3. The molecule has 0 bridgehead atoms. The van der Waals surface area contributed by atoms with Crippen LogP contribution >= 0.6 is 27.7 Å². The molecule has 0 heterocycles. The van der Waals surface area contributed by atoms with Gasteiger partial charge in [-0.1, -0.05) is 22.0 Å². The maximum atomic E-state index is 12.0. The van der Waals surface area contributed by atoms with Crippen LogP contribution in [0.3, 0.4) is 0 Å². The van der Waals surface area contributed by atoms with Gasteiger partial charge >= 0.3 is 0 Å². The van der Waals surface area contributed by atoms with Crippen LogP contribution in [0.25, 0.3) is 0 Å². The van der Waals surface area contributed by atoms with Crippen molar-refractivity contribution in [2.24, 2.45) is 4.99 Å². The first-order valence-corrected chi connectivity index (χ1v) is 10.7. The number of benzene rings is 1. The number of halogens is 1. The fraction of sp³-hybridized carbons (Fsp3) is 0.556. The van der Waals surface area contributed by atoms with E-state index in [0.29, 0.717) is 18.2 Å². The number of guanidine groups is 1. The number of nitrogens with one attached hydrogen (secondary N) is 3. The summed E-state index contributed by atoms with van der Waals surface area (Å²) in [5, 5.41) is 10.5. The smallest absolute Gasteiger partial charge is 0.251 e. The summed E-state index contributed by atoms with van der Waals surface area (Å²) in [6.45, 7) is 1.41. The number of thioether (sulfide) groups is 1. The molecule has 138 valence electrons. The zero-order valence-corrected chi connectivity index (χ0v) is 17.3. The van der Waals surface area contributed by atoms with Crippen molar-refractivity contribution in [2.45, 2.75) is 37.0 Å². The van der Waals surface area contributed by atoms with Crippen LogP contribution in [0.5, 0.6) is 0 Å². The number of nitrogens with zero attached hydrogens (tertiary/aromatic N) is 1. The molecular formula is C18H27BrN4OS. The second kappa shape index (κ2) is 10.7. The molecule has 1 amide bonds. The van der Waals surface area contributed by atoms with Gasteiger partial charge in [0.15, 0.2) is 5.96 Å². The Morgan fingerprint density at radius 3 is 2.80 bits per heavy atom. The maximum Gasteiger partial charge on any atom is 0.251 e. The van der Waals surface area contributed by atoms with Gasteiger partial charge in [-0.2, -0.15) is 11.8 Å². The summed E-state index contributed by atoms with van der Waals surface area (Å²) < 4.78 is 0.910. The Morgan fingerprint density at radius 2 is 2.12 bits per heavy atom. The lowest BCUT2D eigenvalue weighted by Gasteiger charge is -2.17. The highest BCUT2D eigenvalue weighted by molar-refractivity contribution is 9.10. The van der Waals surface area contributed by atoms with Crippen LogP contribution in [0, 0.1) is 0 Å². The Labute approximate surface area is 163 Å². The Kier molecular flexibility index (Phi) is 8.61. The predicted molar refractivity (Wildman–Crippen MR) is 111 cm³/mol. The van der Waals surface area contributed by atoms with E-state index in [9.17, 15) is 4.79 Å². The first-order chi connectivity index (χ1) is 12.1. The molecule has 1 aliphatic rings. The lowest BCUT2D eigenvalue weighted by molar-refractivity contribution is 0.0953. The van der Waals surface area contributed by atoms with Crippen LogP contribution in [-0.4, -0.2) is 49.6 Å². The number of rotatable bonds is 7. The highest BCUT2D eigenvalue weighted by atomic mass is 79.9. The molecule has 0 aromatic heterocycles. The molecule has 0 aliphatic heterocycles. The number of amides is 1. The van der Waals surface area contributed by atoms with E-state index in [4.69, 9.17) is 0 Å². The third kappa shape index (κ3) is 6.90. The molecule has 1 fully saturated rings. The molecular weight excluding hydrogens is 400 g/mol. The quantitative estimate of drug-likeness (QED) is 0.356. The fourth-order valence-corrected chi connectivity index (χ4v) is 4.10. The van der Waals surface area contributed by atoms with E-state index < -0.39 is 0 Å². The van der Waals surface area contributed by atoms with Gasteiger partial charge in [0.25, 0.3) is 5.91 Å². The molecule has 0 radical (unpaired) electrons. The van der Waals surface area contributed by atoms with E-state index in [0.717, 1.165) is 28.6 Å². The van der Waals surface area contributed by atoms with Crippen molar-refractivity contribution in [3.05, 3.63) is 34.3 Å². The maximum absolute atomic E-state index is 12.0. The minimum absolute atomic E-state index is 0.0436. The van der Waals surface area contributed by atoms with Gasteiger partial charge in [0.2, 0.25) is 0 Å². The van der Waals surface area contributed by atoms with Crippen molar-refractivity contribution in [2.75, 3.05) is 26.4 Å². The van der Waals surface area contributed by atoms with Gasteiger partial charge in [-0.05, 0) is 50.1 Å². The van der Waals surface area contributed by atoms with Crippen molar-refractivity contribution in [3.63, 3.8) is 0 Å². The minimum atomic E-state index is -0.0436. The first-order valence-electron chi connectivity index (χ1n) is 8.66. The average Bonchev–Trinajstić information content (AvgIpc) is 3.07. The minimum Gasteiger partial charge on any atom is -0.356 e. The highest BCUT2D eigenvalue weighted by Gasteiger charge is 2.24. The molecule has 2 unspecified atom stereocenters.